The number of carbonyl (C=O) groups excluding carboxylic acids is 2. The Morgan fingerprint density at radius 3 is 2.69 bits per heavy atom. The maximum absolute atomic E-state index is 14.2. The van der Waals surface area contributed by atoms with Gasteiger partial charge < -0.3 is 20.1 Å². The van der Waals surface area contributed by atoms with Gasteiger partial charge in [0.05, 0.1) is 16.8 Å². The molecule has 3 aliphatic heterocycles. The lowest BCUT2D eigenvalue weighted by Gasteiger charge is -2.33. The molecule has 3 atom stereocenters. The van der Waals surface area contributed by atoms with Crippen LogP contribution in [0.3, 0.4) is 0 Å². The Bertz CT molecular complexity index is 1070. The molecule has 3 unspecified atom stereocenters. The van der Waals surface area contributed by atoms with Gasteiger partial charge in [0.25, 0.3) is 11.8 Å². The number of nitrogens with one attached hydrogen (secondary N) is 2. The lowest BCUT2D eigenvalue weighted by atomic mass is 9.96. The number of rotatable bonds is 4. The summed E-state index contributed by atoms with van der Waals surface area (Å²) in [5, 5.41) is 2.80. The number of aromatic amines is 1. The van der Waals surface area contributed by atoms with Gasteiger partial charge >= 0.3 is 0 Å². The van der Waals surface area contributed by atoms with E-state index in [4.69, 9.17) is 0 Å². The van der Waals surface area contributed by atoms with Gasteiger partial charge in [0.1, 0.15) is 5.82 Å². The van der Waals surface area contributed by atoms with Crippen LogP contribution in [0.4, 0.5) is 10.1 Å². The molecule has 2 fully saturated rings. The first-order chi connectivity index (χ1) is 15.4. The zero-order chi connectivity index (χ0) is 22.4. The molecule has 4 heterocycles. The topological polar surface area (TPSA) is 68.4 Å². The molecule has 2 saturated heterocycles. The summed E-state index contributed by atoms with van der Waals surface area (Å²) in [5.41, 5.74) is 2.08. The van der Waals surface area contributed by atoms with Crippen LogP contribution in [-0.2, 0) is 9.59 Å². The quantitative estimate of drug-likeness (QED) is 0.718. The Morgan fingerprint density at radius 1 is 1.19 bits per heavy atom. The van der Waals surface area contributed by atoms with Crippen molar-refractivity contribution in [2.24, 2.45) is 5.92 Å². The highest BCUT2D eigenvalue weighted by Crippen LogP contribution is 2.40. The van der Waals surface area contributed by atoms with E-state index < -0.39 is 5.82 Å². The van der Waals surface area contributed by atoms with Gasteiger partial charge in [-0.1, -0.05) is 6.92 Å². The van der Waals surface area contributed by atoms with E-state index in [1.54, 1.807) is 24.4 Å². The van der Waals surface area contributed by atoms with Crippen LogP contribution < -0.4 is 5.32 Å². The molecule has 6 nitrogen and oxygen atoms in total. The second-order valence-electron chi connectivity index (χ2n) is 9.33. The number of hydrogen-bond acceptors (Lipinski definition) is 3. The van der Waals surface area contributed by atoms with Crippen LogP contribution in [0.25, 0.3) is 11.1 Å². The van der Waals surface area contributed by atoms with Crippen LogP contribution in [0.15, 0.2) is 36.5 Å². The molecule has 168 valence electrons. The average molecular weight is 437 g/mol. The molecular weight excluding hydrogens is 407 g/mol. The fraction of sp³-hybridized carbons (Fsp3) is 0.440. The molecule has 0 aliphatic carbocycles. The van der Waals surface area contributed by atoms with Gasteiger partial charge in [-0.25, -0.2) is 4.39 Å². The lowest BCUT2D eigenvalue weighted by molar-refractivity contribution is -0.128. The lowest BCUT2D eigenvalue weighted by Crippen LogP contribution is -2.47. The predicted octanol–water partition coefficient (Wildman–Crippen LogP) is 3.74. The standard InChI is InChI=1S/C25H29FN4O2/c1-15-12-16(2)30(21(15)14-29-10-3-4-11-29)25(32)23(20-6-5-9-27-20)22-18-13-17(26)7-8-19(18)28-24(22)31/h5-9,13,15-16,21,27H,3-4,10-12,14H2,1-2H3,(H,28,31)/b23-22-. The summed E-state index contributed by atoms with van der Waals surface area (Å²) >= 11 is 0. The number of halogens is 1. The van der Waals surface area contributed by atoms with E-state index in [1.807, 2.05) is 4.90 Å². The summed E-state index contributed by atoms with van der Waals surface area (Å²) in [6.07, 6.45) is 5.06. The summed E-state index contributed by atoms with van der Waals surface area (Å²) < 4.78 is 14.1. The fourth-order valence-corrected chi connectivity index (χ4v) is 5.62. The van der Waals surface area contributed by atoms with Crippen molar-refractivity contribution in [2.45, 2.75) is 45.2 Å². The van der Waals surface area contributed by atoms with Crippen molar-refractivity contribution >= 4 is 28.6 Å². The van der Waals surface area contributed by atoms with Crippen molar-refractivity contribution < 1.29 is 14.0 Å². The van der Waals surface area contributed by atoms with Crippen molar-refractivity contribution in [3.05, 3.63) is 53.6 Å². The number of fused-ring (bicyclic) bond motifs is 1. The second kappa shape index (κ2) is 8.20. The predicted molar refractivity (Wildman–Crippen MR) is 122 cm³/mol. The third-order valence-corrected chi connectivity index (χ3v) is 7.14. The molecule has 5 rings (SSSR count). The van der Waals surface area contributed by atoms with Crippen molar-refractivity contribution in [3.63, 3.8) is 0 Å². The molecule has 1 aromatic carbocycles. The minimum Gasteiger partial charge on any atom is -0.361 e. The number of benzene rings is 1. The Morgan fingerprint density at radius 2 is 1.97 bits per heavy atom. The zero-order valence-corrected chi connectivity index (χ0v) is 18.5. The Labute approximate surface area is 187 Å². The fourth-order valence-electron chi connectivity index (χ4n) is 5.62. The highest BCUT2D eigenvalue weighted by atomic mass is 19.1. The molecule has 2 N–H and O–H groups in total. The van der Waals surface area contributed by atoms with Crippen LogP contribution in [0.2, 0.25) is 0 Å². The highest BCUT2D eigenvalue weighted by Gasteiger charge is 2.43. The molecule has 0 bridgehead atoms. The summed E-state index contributed by atoms with van der Waals surface area (Å²) in [6, 6.07) is 7.93. The number of anilines is 1. The van der Waals surface area contributed by atoms with E-state index in [2.05, 4.69) is 29.0 Å². The average Bonchev–Trinajstić information content (AvgIpc) is 3.53. The van der Waals surface area contributed by atoms with Gasteiger partial charge in [-0.3, -0.25) is 9.59 Å². The molecule has 32 heavy (non-hydrogen) atoms. The van der Waals surface area contributed by atoms with Crippen molar-refractivity contribution in [1.82, 2.24) is 14.8 Å². The van der Waals surface area contributed by atoms with Crippen LogP contribution in [0.1, 0.15) is 44.4 Å². The molecule has 2 aromatic rings. The third-order valence-electron chi connectivity index (χ3n) is 7.14. The number of H-pyrrole nitrogens is 1. The SMILES string of the molecule is CC1CC(C)N(C(=O)/C(=C2\C(=O)Nc3ccc(F)cc32)c2ccc[nH]2)C1CN1CCCC1. The normalized spacial score (nSPS) is 27.0. The molecule has 0 saturated carbocycles. The van der Waals surface area contributed by atoms with Crippen LogP contribution in [0, 0.1) is 11.7 Å². The molecule has 0 spiro atoms. The van der Waals surface area contributed by atoms with Crippen molar-refractivity contribution in [3.8, 4) is 0 Å². The van der Waals surface area contributed by atoms with Crippen molar-refractivity contribution in [2.75, 3.05) is 25.0 Å². The van der Waals surface area contributed by atoms with Gasteiger partial charge in [-0.05, 0) is 75.5 Å². The van der Waals surface area contributed by atoms with E-state index in [-0.39, 0.29) is 29.5 Å². The van der Waals surface area contributed by atoms with Crippen LogP contribution in [-0.4, -0.2) is 58.3 Å². The molecule has 0 radical (unpaired) electrons. The zero-order valence-electron chi connectivity index (χ0n) is 18.5. The summed E-state index contributed by atoms with van der Waals surface area (Å²) in [4.78, 5) is 34.7. The first kappa shape index (κ1) is 20.9. The minimum absolute atomic E-state index is 0.0621. The maximum atomic E-state index is 14.2. The number of carbonyl (C=O) groups is 2. The first-order valence-electron chi connectivity index (χ1n) is 11.5. The molecule has 7 heteroatoms. The number of hydrogen-bond donors (Lipinski definition) is 2. The van der Waals surface area contributed by atoms with Gasteiger partial charge in [-0.15, -0.1) is 0 Å². The smallest absolute Gasteiger partial charge is 0.257 e. The monoisotopic (exact) mass is 436 g/mol. The maximum Gasteiger partial charge on any atom is 0.257 e. The molecule has 1 aromatic heterocycles. The Kier molecular flexibility index (Phi) is 5.37. The Hall–Kier alpha value is -2.93. The summed E-state index contributed by atoms with van der Waals surface area (Å²) in [6.45, 7) is 7.27. The summed E-state index contributed by atoms with van der Waals surface area (Å²) in [5.74, 6) is -0.618. The number of aromatic nitrogens is 1. The van der Waals surface area contributed by atoms with Crippen LogP contribution >= 0.6 is 0 Å². The molecular formula is C25H29FN4O2. The van der Waals surface area contributed by atoms with E-state index in [0.29, 0.717) is 28.4 Å². The van der Waals surface area contributed by atoms with Gasteiger partial charge in [0.15, 0.2) is 0 Å². The van der Waals surface area contributed by atoms with Crippen LogP contribution in [0.5, 0.6) is 0 Å². The highest BCUT2D eigenvalue weighted by molar-refractivity contribution is 6.45. The van der Waals surface area contributed by atoms with Crippen molar-refractivity contribution in [1.29, 1.82) is 0 Å². The molecule has 3 aliphatic rings. The van der Waals surface area contributed by atoms with Gasteiger partial charge in [0, 0.05) is 36.1 Å². The molecule has 2 amide bonds. The Balaban J connectivity index is 1.60. The minimum atomic E-state index is -0.439. The van der Waals surface area contributed by atoms with E-state index >= 15 is 0 Å². The second-order valence-corrected chi connectivity index (χ2v) is 9.33. The number of amides is 2. The number of likely N-dealkylation sites (tertiary alicyclic amines) is 2. The van der Waals surface area contributed by atoms with E-state index in [9.17, 15) is 14.0 Å². The van der Waals surface area contributed by atoms with E-state index in [1.165, 1.54) is 25.0 Å². The summed E-state index contributed by atoms with van der Waals surface area (Å²) in [7, 11) is 0. The van der Waals surface area contributed by atoms with Gasteiger partial charge in [-0.2, -0.15) is 0 Å². The van der Waals surface area contributed by atoms with E-state index in [0.717, 1.165) is 26.1 Å². The number of nitrogens with zero attached hydrogens (tertiary/aromatic N) is 2. The third kappa shape index (κ3) is 3.54. The first-order valence-corrected chi connectivity index (χ1v) is 11.5. The van der Waals surface area contributed by atoms with Gasteiger partial charge in [0.2, 0.25) is 0 Å². The largest absolute Gasteiger partial charge is 0.361 e.